The van der Waals surface area contributed by atoms with Gasteiger partial charge in [-0.15, -0.1) is 0 Å². The lowest BCUT2D eigenvalue weighted by molar-refractivity contribution is -0.160. The van der Waals surface area contributed by atoms with E-state index in [4.69, 9.17) is 4.74 Å². The van der Waals surface area contributed by atoms with Crippen molar-refractivity contribution < 1.29 is 14.6 Å². The molecule has 3 heterocycles. The maximum absolute atomic E-state index is 12.8. The highest BCUT2D eigenvalue weighted by Gasteiger charge is 2.43. The molecule has 0 aromatic carbocycles. The summed E-state index contributed by atoms with van der Waals surface area (Å²) >= 11 is 0. The molecular weight excluding hydrogens is 334 g/mol. The van der Waals surface area contributed by atoms with Gasteiger partial charge in [0.25, 0.3) is 5.91 Å². The summed E-state index contributed by atoms with van der Waals surface area (Å²) in [5.41, 5.74) is -1.29. The van der Waals surface area contributed by atoms with E-state index in [1.807, 2.05) is 6.07 Å². The molecular formula is C18H29N5O3. The number of carbonyl (C=O) groups excluding carboxylic acids is 1. The molecule has 0 spiro atoms. The smallest absolute Gasteiger partial charge is 0.255 e. The van der Waals surface area contributed by atoms with Crippen LogP contribution in [0.2, 0.25) is 0 Å². The summed E-state index contributed by atoms with van der Waals surface area (Å²) in [7, 11) is 1.63. The second-order valence-corrected chi connectivity index (χ2v) is 7.09. The Kier molecular flexibility index (Phi) is 6.39. The lowest BCUT2D eigenvalue weighted by atomic mass is 9.91. The molecule has 1 aromatic heterocycles. The van der Waals surface area contributed by atoms with Gasteiger partial charge in [0.05, 0.1) is 6.61 Å². The maximum atomic E-state index is 12.8. The number of amides is 1. The minimum absolute atomic E-state index is 0.159. The summed E-state index contributed by atoms with van der Waals surface area (Å²) in [5.74, 6) is 0.584. The number of anilines is 1. The van der Waals surface area contributed by atoms with Crippen LogP contribution in [0, 0.1) is 0 Å². The zero-order valence-corrected chi connectivity index (χ0v) is 15.5. The van der Waals surface area contributed by atoms with Crippen LogP contribution in [0.4, 0.5) is 5.95 Å². The summed E-state index contributed by atoms with van der Waals surface area (Å²) in [6, 6.07) is 1.81. The average molecular weight is 363 g/mol. The van der Waals surface area contributed by atoms with E-state index in [2.05, 4.69) is 19.8 Å². The highest BCUT2D eigenvalue weighted by Crippen LogP contribution is 2.24. The van der Waals surface area contributed by atoms with Gasteiger partial charge >= 0.3 is 0 Å². The molecule has 1 atom stereocenters. The Balaban J connectivity index is 1.58. The average Bonchev–Trinajstić information content (AvgIpc) is 2.89. The van der Waals surface area contributed by atoms with Crippen LogP contribution in [-0.2, 0) is 9.53 Å². The summed E-state index contributed by atoms with van der Waals surface area (Å²) in [4.78, 5) is 27.5. The summed E-state index contributed by atoms with van der Waals surface area (Å²) in [6.07, 6.45) is 5.81. The molecule has 1 unspecified atom stereocenters. The number of carbonyl (C=O) groups is 1. The first-order chi connectivity index (χ1) is 12.6. The SMILES string of the molecule is COCCN1CCCC(O)(CN2CCCN(c3ncccn3)CC2)C1=O. The number of β-amino-alcohol motifs (C(OH)–C–C–N with tert-alkyl or cyclic N) is 1. The van der Waals surface area contributed by atoms with Gasteiger partial charge in [-0.2, -0.15) is 0 Å². The van der Waals surface area contributed by atoms with Gasteiger partial charge in [0.2, 0.25) is 5.95 Å². The zero-order valence-electron chi connectivity index (χ0n) is 15.5. The Morgan fingerprint density at radius 2 is 1.96 bits per heavy atom. The predicted molar refractivity (Wildman–Crippen MR) is 97.9 cm³/mol. The normalized spacial score (nSPS) is 25.4. The third kappa shape index (κ3) is 4.49. The van der Waals surface area contributed by atoms with Crippen LogP contribution < -0.4 is 4.90 Å². The molecule has 0 bridgehead atoms. The standard InChI is InChI=1S/C18H29N5O3/c1-26-14-13-22-9-2-5-18(25,16(22)24)15-21-8-4-10-23(12-11-21)17-19-6-3-7-20-17/h3,6-7,25H,2,4-5,8-15H2,1H3. The van der Waals surface area contributed by atoms with Crippen molar-refractivity contribution in [1.82, 2.24) is 19.8 Å². The van der Waals surface area contributed by atoms with Crippen molar-refractivity contribution in [1.29, 1.82) is 0 Å². The monoisotopic (exact) mass is 363 g/mol. The van der Waals surface area contributed by atoms with Crippen molar-refractivity contribution in [3.8, 4) is 0 Å². The van der Waals surface area contributed by atoms with Crippen molar-refractivity contribution in [3.63, 3.8) is 0 Å². The Morgan fingerprint density at radius 3 is 2.73 bits per heavy atom. The van der Waals surface area contributed by atoms with E-state index in [-0.39, 0.29) is 5.91 Å². The van der Waals surface area contributed by atoms with E-state index in [0.717, 1.165) is 45.0 Å². The minimum Gasteiger partial charge on any atom is -0.383 e. The van der Waals surface area contributed by atoms with E-state index in [9.17, 15) is 9.90 Å². The number of piperidine rings is 1. The number of hydrogen-bond donors (Lipinski definition) is 1. The third-order valence-electron chi connectivity index (χ3n) is 5.18. The Hall–Kier alpha value is -1.77. The fraction of sp³-hybridized carbons (Fsp3) is 0.722. The first kappa shape index (κ1) is 19.0. The molecule has 0 radical (unpaired) electrons. The molecule has 2 fully saturated rings. The van der Waals surface area contributed by atoms with Crippen LogP contribution >= 0.6 is 0 Å². The van der Waals surface area contributed by atoms with Crippen molar-refractivity contribution in [2.75, 3.05) is 64.4 Å². The minimum atomic E-state index is -1.29. The molecule has 1 amide bonds. The van der Waals surface area contributed by atoms with Gasteiger partial charge in [-0.05, 0) is 25.3 Å². The topological polar surface area (TPSA) is 82.0 Å². The Morgan fingerprint density at radius 1 is 1.15 bits per heavy atom. The van der Waals surface area contributed by atoms with Crippen molar-refractivity contribution in [3.05, 3.63) is 18.5 Å². The van der Waals surface area contributed by atoms with Gasteiger partial charge < -0.3 is 19.6 Å². The molecule has 2 aliphatic rings. The number of aromatic nitrogens is 2. The summed E-state index contributed by atoms with van der Waals surface area (Å²) < 4.78 is 5.08. The van der Waals surface area contributed by atoms with Gasteiger partial charge in [0.1, 0.15) is 0 Å². The molecule has 3 rings (SSSR count). The molecule has 8 nitrogen and oxygen atoms in total. The van der Waals surface area contributed by atoms with Gasteiger partial charge in [-0.1, -0.05) is 0 Å². The van der Waals surface area contributed by atoms with E-state index in [0.29, 0.717) is 32.7 Å². The third-order valence-corrected chi connectivity index (χ3v) is 5.18. The van der Waals surface area contributed by atoms with Crippen molar-refractivity contribution in [2.45, 2.75) is 24.9 Å². The number of nitrogens with zero attached hydrogens (tertiary/aromatic N) is 5. The maximum Gasteiger partial charge on any atom is 0.255 e. The number of methoxy groups -OCH3 is 1. The molecule has 0 saturated carbocycles. The highest BCUT2D eigenvalue weighted by atomic mass is 16.5. The van der Waals surface area contributed by atoms with Crippen LogP contribution in [0.25, 0.3) is 0 Å². The molecule has 144 valence electrons. The van der Waals surface area contributed by atoms with E-state index in [1.54, 1.807) is 24.4 Å². The fourth-order valence-electron chi connectivity index (χ4n) is 3.78. The first-order valence-corrected chi connectivity index (χ1v) is 9.37. The lowest BCUT2D eigenvalue weighted by Gasteiger charge is -2.40. The lowest BCUT2D eigenvalue weighted by Crippen LogP contribution is -2.59. The number of aliphatic hydroxyl groups is 1. The molecule has 1 N–H and O–H groups in total. The van der Waals surface area contributed by atoms with Gasteiger partial charge in [-0.3, -0.25) is 9.69 Å². The summed E-state index contributed by atoms with van der Waals surface area (Å²) in [5, 5.41) is 11.0. The van der Waals surface area contributed by atoms with Gasteiger partial charge in [-0.25, -0.2) is 9.97 Å². The van der Waals surface area contributed by atoms with E-state index < -0.39 is 5.60 Å². The molecule has 8 heteroatoms. The second kappa shape index (κ2) is 8.75. The van der Waals surface area contributed by atoms with Crippen molar-refractivity contribution >= 4 is 11.9 Å². The van der Waals surface area contributed by atoms with Gasteiger partial charge in [0, 0.05) is 65.3 Å². The first-order valence-electron chi connectivity index (χ1n) is 9.37. The highest BCUT2D eigenvalue weighted by molar-refractivity contribution is 5.86. The van der Waals surface area contributed by atoms with Crippen molar-refractivity contribution in [2.24, 2.45) is 0 Å². The molecule has 1 aromatic rings. The van der Waals surface area contributed by atoms with E-state index in [1.165, 1.54) is 0 Å². The van der Waals surface area contributed by atoms with Gasteiger partial charge in [0.15, 0.2) is 5.60 Å². The Labute approximate surface area is 154 Å². The molecule has 2 aliphatic heterocycles. The number of rotatable bonds is 6. The van der Waals surface area contributed by atoms with Crippen LogP contribution in [0.15, 0.2) is 18.5 Å². The number of hydrogen-bond acceptors (Lipinski definition) is 7. The van der Waals surface area contributed by atoms with Crippen LogP contribution in [0.1, 0.15) is 19.3 Å². The number of ether oxygens (including phenoxy) is 1. The molecule has 0 aliphatic carbocycles. The molecule has 2 saturated heterocycles. The predicted octanol–water partition coefficient (Wildman–Crippen LogP) is -0.0114. The van der Waals surface area contributed by atoms with Crippen LogP contribution in [0.3, 0.4) is 0 Å². The second-order valence-electron chi connectivity index (χ2n) is 7.09. The molecule has 26 heavy (non-hydrogen) atoms. The zero-order chi connectivity index (χ0) is 18.4. The summed E-state index contributed by atoms with van der Waals surface area (Å²) in [6.45, 7) is 5.44. The number of likely N-dealkylation sites (tertiary alicyclic amines) is 1. The quantitative estimate of drug-likeness (QED) is 0.761. The Bertz CT molecular complexity index is 587. The van der Waals surface area contributed by atoms with E-state index >= 15 is 0 Å². The van der Waals surface area contributed by atoms with Crippen LogP contribution in [-0.4, -0.2) is 95.9 Å². The fourth-order valence-corrected chi connectivity index (χ4v) is 3.78. The van der Waals surface area contributed by atoms with Crippen LogP contribution in [0.5, 0.6) is 0 Å². The largest absolute Gasteiger partial charge is 0.383 e.